The molecule has 21 heavy (non-hydrogen) atoms. The number of aromatic nitrogens is 1. The van der Waals surface area contributed by atoms with Crippen LogP contribution in [0, 0.1) is 0 Å². The van der Waals surface area contributed by atoms with Crippen LogP contribution in [-0.4, -0.2) is 10.5 Å². The molecule has 0 aliphatic rings. The number of nitrogens with two attached hydrogens (primary N) is 1. The Bertz CT molecular complexity index is 881. The van der Waals surface area contributed by atoms with E-state index in [1.54, 1.807) is 16.8 Å². The van der Waals surface area contributed by atoms with E-state index in [9.17, 15) is 9.59 Å². The van der Waals surface area contributed by atoms with Gasteiger partial charge in [-0.1, -0.05) is 36.4 Å². The first-order valence-corrected chi connectivity index (χ1v) is 6.61. The van der Waals surface area contributed by atoms with Crippen LogP contribution in [0.25, 0.3) is 10.8 Å². The van der Waals surface area contributed by atoms with Crippen LogP contribution in [0.4, 0.5) is 0 Å². The quantitative estimate of drug-likeness (QED) is 0.797. The zero-order valence-corrected chi connectivity index (χ0v) is 11.3. The third-order valence-corrected chi connectivity index (χ3v) is 3.45. The number of fused-ring (bicyclic) bond motifs is 1. The monoisotopic (exact) mass is 278 g/mol. The fraction of sp³-hybridized carbons (Fsp3) is 0.0588. The van der Waals surface area contributed by atoms with Gasteiger partial charge in [-0.05, 0) is 28.5 Å². The molecule has 0 fully saturated rings. The Morgan fingerprint density at radius 3 is 2.48 bits per heavy atom. The highest BCUT2D eigenvalue weighted by molar-refractivity contribution is 5.92. The molecule has 0 saturated carbocycles. The molecule has 0 unspecified atom stereocenters. The van der Waals surface area contributed by atoms with Crippen molar-refractivity contribution in [1.82, 2.24) is 4.57 Å². The number of pyridine rings is 1. The molecular formula is C17H14N2O2. The van der Waals surface area contributed by atoms with E-state index in [1.165, 1.54) is 6.07 Å². The summed E-state index contributed by atoms with van der Waals surface area (Å²) in [6.45, 7) is 0.461. The van der Waals surface area contributed by atoms with E-state index >= 15 is 0 Å². The van der Waals surface area contributed by atoms with Crippen molar-refractivity contribution in [2.75, 3.05) is 0 Å². The molecule has 1 heterocycles. The maximum Gasteiger partial charge on any atom is 0.251 e. The number of carbonyl (C=O) groups is 1. The second-order valence-corrected chi connectivity index (χ2v) is 4.93. The fourth-order valence-corrected chi connectivity index (χ4v) is 2.33. The average Bonchev–Trinajstić information content (AvgIpc) is 2.49. The second kappa shape index (κ2) is 5.25. The summed E-state index contributed by atoms with van der Waals surface area (Å²) < 4.78 is 1.55. The van der Waals surface area contributed by atoms with Crippen molar-refractivity contribution in [2.24, 2.45) is 5.73 Å². The molecule has 104 valence electrons. The molecule has 4 heteroatoms. The molecule has 1 amide bonds. The molecule has 0 atom stereocenters. The molecule has 0 saturated heterocycles. The molecule has 1 aromatic heterocycles. The van der Waals surface area contributed by atoms with Crippen LogP contribution in [-0.2, 0) is 6.54 Å². The van der Waals surface area contributed by atoms with Crippen molar-refractivity contribution in [3.63, 3.8) is 0 Å². The van der Waals surface area contributed by atoms with Crippen LogP contribution >= 0.6 is 0 Å². The minimum Gasteiger partial charge on any atom is -0.366 e. The highest BCUT2D eigenvalue weighted by atomic mass is 16.1. The number of amides is 1. The van der Waals surface area contributed by atoms with Gasteiger partial charge in [0.2, 0.25) is 5.91 Å². The smallest absolute Gasteiger partial charge is 0.251 e. The van der Waals surface area contributed by atoms with Gasteiger partial charge in [-0.2, -0.15) is 0 Å². The van der Waals surface area contributed by atoms with Gasteiger partial charge in [0.05, 0.1) is 6.54 Å². The summed E-state index contributed by atoms with van der Waals surface area (Å²) in [5, 5.41) is 2.30. The van der Waals surface area contributed by atoms with E-state index in [1.807, 2.05) is 36.4 Å². The van der Waals surface area contributed by atoms with Crippen LogP contribution in [0.3, 0.4) is 0 Å². The third-order valence-electron chi connectivity index (χ3n) is 3.45. The molecule has 3 aromatic rings. The third kappa shape index (κ3) is 2.69. The first-order chi connectivity index (χ1) is 10.1. The number of primary amides is 1. The maximum absolute atomic E-state index is 12.0. The van der Waals surface area contributed by atoms with Gasteiger partial charge in [-0.25, -0.2) is 0 Å². The number of nitrogens with zero attached hydrogens (tertiary/aromatic N) is 1. The van der Waals surface area contributed by atoms with Gasteiger partial charge in [-0.15, -0.1) is 0 Å². The number of benzene rings is 2. The lowest BCUT2D eigenvalue weighted by Crippen LogP contribution is -2.22. The summed E-state index contributed by atoms with van der Waals surface area (Å²) in [6.07, 6.45) is 1.59. The largest absolute Gasteiger partial charge is 0.366 e. The van der Waals surface area contributed by atoms with Crippen LogP contribution in [0.1, 0.15) is 15.9 Å². The second-order valence-electron chi connectivity index (χ2n) is 4.93. The van der Waals surface area contributed by atoms with Crippen molar-refractivity contribution in [2.45, 2.75) is 6.54 Å². The molecule has 3 rings (SSSR count). The molecule has 0 radical (unpaired) electrons. The van der Waals surface area contributed by atoms with E-state index in [0.29, 0.717) is 6.54 Å². The summed E-state index contributed by atoms with van der Waals surface area (Å²) in [6, 6.07) is 17.0. The number of hydrogen-bond donors (Lipinski definition) is 1. The lowest BCUT2D eigenvalue weighted by Gasteiger charge is -2.07. The first kappa shape index (κ1) is 13.1. The lowest BCUT2D eigenvalue weighted by atomic mass is 10.1. The zero-order valence-electron chi connectivity index (χ0n) is 11.3. The van der Waals surface area contributed by atoms with Gasteiger partial charge in [0.1, 0.15) is 0 Å². The van der Waals surface area contributed by atoms with Crippen LogP contribution < -0.4 is 11.3 Å². The molecule has 0 aliphatic heterocycles. The Hall–Kier alpha value is -2.88. The molecule has 0 spiro atoms. The van der Waals surface area contributed by atoms with E-state index in [4.69, 9.17) is 5.73 Å². The Balaban J connectivity index is 1.95. The number of carbonyl (C=O) groups excluding carboxylic acids is 1. The van der Waals surface area contributed by atoms with Gasteiger partial charge in [0.25, 0.3) is 5.56 Å². The minimum absolute atomic E-state index is 0.231. The Morgan fingerprint density at radius 2 is 1.76 bits per heavy atom. The predicted molar refractivity (Wildman–Crippen MR) is 82.3 cm³/mol. The van der Waals surface area contributed by atoms with E-state index in [-0.39, 0.29) is 11.1 Å². The average molecular weight is 278 g/mol. The normalized spacial score (nSPS) is 10.7. The molecular weight excluding hydrogens is 264 g/mol. The summed E-state index contributed by atoms with van der Waals surface area (Å²) in [5.74, 6) is -0.593. The van der Waals surface area contributed by atoms with Crippen molar-refractivity contribution < 1.29 is 4.79 Å². The topological polar surface area (TPSA) is 65.1 Å². The SMILES string of the molecule is NC(=O)c1ccn(Cc2ccc3ccccc3c2)c(=O)c1. The molecule has 0 aliphatic carbocycles. The molecule has 2 N–H and O–H groups in total. The number of rotatable bonds is 3. The first-order valence-electron chi connectivity index (χ1n) is 6.61. The Labute approximate surface area is 121 Å². The van der Waals surface area contributed by atoms with Crippen LogP contribution in [0.15, 0.2) is 65.6 Å². The zero-order chi connectivity index (χ0) is 14.8. The molecule has 4 nitrogen and oxygen atoms in total. The summed E-state index contributed by atoms with van der Waals surface area (Å²) in [4.78, 5) is 23.0. The molecule has 0 bridgehead atoms. The Kier molecular flexibility index (Phi) is 3.28. The van der Waals surface area contributed by atoms with E-state index < -0.39 is 5.91 Å². The van der Waals surface area contributed by atoms with Crippen molar-refractivity contribution in [3.8, 4) is 0 Å². The van der Waals surface area contributed by atoms with Crippen LogP contribution in [0.2, 0.25) is 0 Å². The summed E-state index contributed by atoms with van der Waals surface area (Å²) in [7, 11) is 0. The number of hydrogen-bond acceptors (Lipinski definition) is 2. The minimum atomic E-state index is -0.593. The summed E-state index contributed by atoms with van der Waals surface area (Å²) >= 11 is 0. The van der Waals surface area contributed by atoms with Gasteiger partial charge in [-0.3, -0.25) is 9.59 Å². The van der Waals surface area contributed by atoms with Crippen molar-refractivity contribution in [3.05, 3.63) is 82.3 Å². The lowest BCUT2D eigenvalue weighted by molar-refractivity contribution is 0.1000. The standard InChI is InChI=1S/C17H14N2O2/c18-17(21)15-7-8-19(16(20)10-15)11-12-5-6-13-3-1-2-4-14(13)9-12/h1-10H,11H2,(H2,18,21). The highest BCUT2D eigenvalue weighted by Gasteiger charge is 2.04. The Morgan fingerprint density at radius 1 is 1.00 bits per heavy atom. The maximum atomic E-state index is 12.0. The van der Waals surface area contributed by atoms with E-state index in [2.05, 4.69) is 6.07 Å². The fourth-order valence-electron chi connectivity index (χ4n) is 2.33. The van der Waals surface area contributed by atoms with Crippen molar-refractivity contribution >= 4 is 16.7 Å². The van der Waals surface area contributed by atoms with Crippen molar-refractivity contribution in [1.29, 1.82) is 0 Å². The molecule has 2 aromatic carbocycles. The van der Waals surface area contributed by atoms with Crippen LogP contribution in [0.5, 0.6) is 0 Å². The summed E-state index contributed by atoms with van der Waals surface area (Å²) in [5.41, 5.74) is 6.19. The van der Waals surface area contributed by atoms with Gasteiger partial charge in [0.15, 0.2) is 0 Å². The van der Waals surface area contributed by atoms with Gasteiger partial charge < -0.3 is 10.3 Å². The van der Waals surface area contributed by atoms with Gasteiger partial charge >= 0.3 is 0 Å². The van der Waals surface area contributed by atoms with E-state index in [0.717, 1.165) is 16.3 Å². The predicted octanol–water partition coefficient (Wildman–Crippen LogP) is 2.15. The van der Waals surface area contributed by atoms with Gasteiger partial charge in [0, 0.05) is 17.8 Å². The highest BCUT2D eigenvalue weighted by Crippen LogP contribution is 2.16.